The second-order valence-corrected chi connectivity index (χ2v) is 5.66. The number of fused-ring (bicyclic) bond motifs is 1. The Labute approximate surface area is 89.8 Å². The molecule has 0 aliphatic carbocycles. The maximum atomic E-state index is 11.9. The Morgan fingerprint density at radius 2 is 2.00 bits per heavy atom. The number of ketones is 1. The Bertz CT molecular complexity index is 410. The Balaban J connectivity index is 2.39. The van der Waals surface area contributed by atoms with Crippen molar-refractivity contribution in [3.8, 4) is 0 Å². The number of carbonyl (C=O) groups excluding carboxylic acids is 1. The normalized spacial score (nSPS) is 17.3. The average molecular weight is 252 g/mol. The van der Waals surface area contributed by atoms with Crippen molar-refractivity contribution in [2.75, 3.05) is 14.1 Å². The first-order chi connectivity index (χ1) is 6.68. The quantitative estimate of drug-likeness (QED) is 0.539. The molecule has 1 aliphatic rings. The summed E-state index contributed by atoms with van der Waals surface area (Å²) in [6.45, 7) is 0. The summed E-state index contributed by atoms with van der Waals surface area (Å²) in [5.74, 6) is 0.203. The molecule has 0 unspecified atom stereocenters. The van der Waals surface area contributed by atoms with E-state index in [0.717, 1.165) is 10.0 Å². The molecule has 1 aromatic carbocycles. The summed E-state index contributed by atoms with van der Waals surface area (Å²) in [6.07, 6.45) is 1.93. The number of hydrogen-bond acceptors (Lipinski definition) is 2. The van der Waals surface area contributed by atoms with Crippen LogP contribution in [0.25, 0.3) is 0 Å². The summed E-state index contributed by atoms with van der Waals surface area (Å²) in [6, 6.07) is 7.87. The van der Waals surface area contributed by atoms with E-state index in [2.05, 4.69) is 0 Å². The van der Waals surface area contributed by atoms with Crippen LogP contribution < -0.4 is 4.46 Å². The van der Waals surface area contributed by atoms with Crippen LogP contribution in [0.3, 0.4) is 0 Å². The number of benzene rings is 1. The molecule has 0 saturated carbocycles. The SMILES string of the molecule is CN(C)C=C1[Se]c2ccccc2C1=O. The van der Waals surface area contributed by atoms with Crippen molar-refractivity contribution in [3.05, 3.63) is 40.5 Å². The van der Waals surface area contributed by atoms with E-state index in [1.807, 2.05) is 49.5 Å². The van der Waals surface area contributed by atoms with Crippen molar-refractivity contribution in [1.82, 2.24) is 4.90 Å². The fraction of sp³-hybridized carbons (Fsp3) is 0.182. The average Bonchev–Trinajstić information content (AvgIpc) is 2.44. The van der Waals surface area contributed by atoms with Crippen LogP contribution in [0.2, 0.25) is 0 Å². The molecular formula is C11H11NOSe. The van der Waals surface area contributed by atoms with Crippen LogP contribution in [0.15, 0.2) is 34.9 Å². The first kappa shape index (κ1) is 9.50. The molecule has 1 heterocycles. The van der Waals surface area contributed by atoms with Gasteiger partial charge in [0.25, 0.3) is 0 Å². The van der Waals surface area contributed by atoms with E-state index in [9.17, 15) is 4.79 Å². The molecule has 0 atom stereocenters. The molecule has 0 saturated heterocycles. The second-order valence-electron chi connectivity index (χ2n) is 3.38. The van der Waals surface area contributed by atoms with E-state index >= 15 is 0 Å². The van der Waals surface area contributed by atoms with Gasteiger partial charge in [-0.2, -0.15) is 0 Å². The van der Waals surface area contributed by atoms with Crippen LogP contribution in [0.1, 0.15) is 10.4 Å². The molecule has 72 valence electrons. The minimum absolute atomic E-state index is 0.192. The molecule has 0 radical (unpaired) electrons. The fourth-order valence-corrected chi connectivity index (χ4v) is 3.71. The molecule has 0 amide bonds. The molecule has 0 spiro atoms. The van der Waals surface area contributed by atoms with Crippen LogP contribution in [0.5, 0.6) is 0 Å². The summed E-state index contributed by atoms with van der Waals surface area (Å²) >= 11 is 0.192. The van der Waals surface area contributed by atoms with Crippen molar-refractivity contribution in [2.24, 2.45) is 0 Å². The Hall–Kier alpha value is -1.05. The van der Waals surface area contributed by atoms with Gasteiger partial charge in [0.05, 0.1) is 0 Å². The van der Waals surface area contributed by atoms with E-state index in [1.165, 1.54) is 4.46 Å². The van der Waals surface area contributed by atoms with Crippen molar-refractivity contribution < 1.29 is 4.79 Å². The van der Waals surface area contributed by atoms with E-state index in [0.29, 0.717) is 0 Å². The molecule has 0 aromatic heterocycles. The van der Waals surface area contributed by atoms with Gasteiger partial charge in [0.1, 0.15) is 0 Å². The van der Waals surface area contributed by atoms with E-state index in [-0.39, 0.29) is 20.7 Å². The van der Waals surface area contributed by atoms with Gasteiger partial charge in [0.2, 0.25) is 0 Å². The van der Waals surface area contributed by atoms with Gasteiger partial charge in [0, 0.05) is 0 Å². The molecular weight excluding hydrogens is 241 g/mol. The van der Waals surface area contributed by atoms with Gasteiger partial charge in [-0.3, -0.25) is 0 Å². The summed E-state index contributed by atoms with van der Waals surface area (Å²) in [5, 5.41) is 0. The zero-order valence-corrected chi connectivity index (χ0v) is 9.86. The first-order valence-corrected chi connectivity index (χ1v) is 6.09. The van der Waals surface area contributed by atoms with Crippen LogP contribution >= 0.6 is 0 Å². The topological polar surface area (TPSA) is 20.3 Å². The molecule has 1 aromatic rings. The van der Waals surface area contributed by atoms with Gasteiger partial charge in [0.15, 0.2) is 0 Å². The molecule has 2 nitrogen and oxygen atoms in total. The monoisotopic (exact) mass is 253 g/mol. The molecule has 1 aliphatic heterocycles. The minimum atomic E-state index is 0.192. The van der Waals surface area contributed by atoms with E-state index in [1.54, 1.807) is 0 Å². The van der Waals surface area contributed by atoms with Crippen LogP contribution in [-0.2, 0) is 0 Å². The van der Waals surface area contributed by atoms with Gasteiger partial charge < -0.3 is 0 Å². The number of carbonyl (C=O) groups is 1. The molecule has 14 heavy (non-hydrogen) atoms. The van der Waals surface area contributed by atoms with Crippen LogP contribution in [0.4, 0.5) is 0 Å². The Morgan fingerprint density at radius 1 is 1.29 bits per heavy atom. The van der Waals surface area contributed by atoms with E-state index < -0.39 is 0 Å². The number of hydrogen-bond donors (Lipinski definition) is 0. The zero-order valence-electron chi connectivity index (χ0n) is 8.15. The van der Waals surface area contributed by atoms with Crippen molar-refractivity contribution in [3.63, 3.8) is 0 Å². The summed E-state index contributed by atoms with van der Waals surface area (Å²) < 4.78 is 2.15. The van der Waals surface area contributed by atoms with Crippen molar-refractivity contribution in [2.45, 2.75) is 0 Å². The maximum absolute atomic E-state index is 11.9. The summed E-state index contributed by atoms with van der Waals surface area (Å²) in [7, 11) is 3.89. The number of Topliss-reactive ketones (excluding diaryl/α,β-unsaturated/α-hetero) is 1. The van der Waals surface area contributed by atoms with Gasteiger partial charge in [-0.1, -0.05) is 0 Å². The van der Waals surface area contributed by atoms with Crippen LogP contribution in [0, 0.1) is 0 Å². The summed E-state index contributed by atoms with van der Waals surface area (Å²) in [4.78, 5) is 13.8. The third kappa shape index (κ3) is 1.61. The van der Waals surface area contributed by atoms with Gasteiger partial charge in [-0.15, -0.1) is 0 Å². The van der Waals surface area contributed by atoms with Crippen LogP contribution in [-0.4, -0.2) is 39.7 Å². The second kappa shape index (κ2) is 3.60. The summed E-state index contributed by atoms with van der Waals surface area (Å²) in [5.41, 5.74) is 0.889. The van der Waals surface area contributed by atoms with Gasteiger partial charge in [-0.05, 0) is 0 Å². The molecule has 3 heteroatoms. The number of rotatable bonds is 1. The molecule has 2 rings (SSSR count). The number of allylic oxidation sites excluding steroid dienone is 1. The first-order valence-electron chi connectivity index (χ1n) is 4.38. The van der Waals surface area contributed by atoms with Crippen molar-refractivity contribution in [1.29, 1.82) is 0 Å². The molecule has 0 N–H and O–H groups in total. The third-order valence-corrected chi connectivity index (χ3v) is 4.23. The van der Waals surface area contributed by atoms with E-state index in [4.69, 9.17) is 0 Å². The van der Waals surface area contributed by atoms with Crippen molar-refractivity contribution >= 4 is 25.2 Å². The standard InChI is InChI=1S/C11H11NOSe/c1-12(2)7-10-11(13)8-5-3-4-6-9(8)14-10/h3-7H,1-2H3. The third-order valence-electron chi connectivity index (χ3n) is 1.95. The predicted octanol–water partition coefficient (Wildman–Crippen LogP) is 0.615. The van der Waals surface area contributed by atoms with Gasteiger partial charge in [-0.25, -0.2) is 0 Å². The molecule has 0 fully saturated rings. The molecule has 0 bridgehead atoms. The Morgan fingerprint density at radius 3 is 2.64 bits per heavy atom. The number of nitrogens with zero attached hydrogens (tertiary/aromatic N) is 1. The predicted molar refractivity (Wildman–Crippen MR) is 57.9 cm³/mol. The Kier molecular flexibility index (Phi) is 2.44. The zero-order chi connectivity index (χ0) is 10.1. The fourth-order valence-electron chi connectivity index (χ4n) is 1.36. The van der Waals surface area contributed by atoms with Gasteiger partial charge >= 0.3 is 89.5 Å².